The highest BCUT2D eigenvalue weighted by Gasteiger charge is 2.21. The van der Waals surface area contributed by atoms with E-state index < -0.39 is 6.10 Å². The fourth-order valence-electron chi connectivity index (χ4n) is 3.32. The quantitative estimate of drug-likeness (QED) is 0.440. The Kier molecular flexibility index (Phi) is 6.23. The first-order valence-electron chi connectivity index (χ1n) is 9.98. The first-order valence-corrected chi connectivity index (χ1v) is 9.98. The number of hydrogen-bond acceptors (Lipinski definition) is 6. The van der Waals surface area contributed by atoms with Crippen LogP contribution in [0.1, 0.15) is 22.2 Å². The smallest absolute Gasteiger partial charge is 0.255 e. The summed E-state index contributed by atoms with van der Waals surface area (Å²) in [5.74, 6) is 1.11. The van der Waals surface area contributed by atoms with Crippen molar-refractivity contribution in [2.45, 2.75) is 6.10 Å². The average molecular weight is 433 g/mol. The molecule has 0 radical (unpaired) electrons. The van der Waals surface area contributed by atoms with Gasteiger partial charge in [0.15, 0.2) is 11.5 Å². The van der Waals surface area contributed by atoms with Crippen molar-refractivity contribution in [3.05, 3.63) is 84.4 Å². The number of aliphatic hydroxyl groups is 1. The normalized spacial score (nSPS) is 11.7. The average Bonchev–Trinajstić information content (AvgIpc) is 3.53. The first kappa shape index (κ1) is 21.2. The van der Waals surface area contributed by atoms with Crippen molar-refractivity contribution in [3.8, 4) is 28.4 Å². The van der Waals surface area contributed by atoms with E-state index in [-0.39, 0.29) is 12.5 Å². The van der Waals surface area contributed by atoms with Gasteiger partial charge in [0.2, 0.25) is 0 Å². The van der Waals surface area contributed by atoms with Gasteiger partial charge in [-0.05, 0) is 42.5 Å². The molecule has 2 heterocycles. The largest absolute Gasteiger partial charge is 0.493 e. The number of hydrogen-bond donors (Lipinski definition) is 2. The van der Waals surface area contributed by atoms with Crippen LogP contribution in [-0.2, 0) is 0 Å². The van der Waals surface area contributed by atoms with Crippen LogP contribution in [-0.4, -0.2) is 41.6 Å². The van der Waals surface area contributed by atoms with Crippen LogP contribution in [0.2, 0.25) is 0 Å². The third-order valence-electron chi connectivity index (χ3n) is 4.96. The molecular formula is C24H23N3O5. The Morgan fingerprint density at radius 3 is 2.56 bits per heavy atom. The molecule has 1 atom stereocenters. The Labute approximate surface area is 185 Å². The van der Waals surface area contributed by atoms with Crippen molar-refractivity contribution in [2.24, 2.45) is 0 Å². The summed E-state index contributed by atoms with van der Waals surface area (Å²) < 4.78 is 17.6. The minimum absolute atomic E-state index is 0.00572. The van der Waals surface area contributed by atoms with E-state index in [1.165, 1.54) is 6.26 Å². The molecule has 0 fully saturated rings. The molecule has 32 heavy (non-hydrogen) atoms. The van der Waals surface area contributed by atoms with Crippen molar-refractivity contribution < 1.29 is 23.8 Å². The number of furan rings is 1. The molecule has 2 aromatic carbocycles. The second kappa shape index (κ2) is 9.40. The summed E-state index contributed by atoms with van der Waals surface area (Å²) in [5, 5.41) is 17.7. The number of aliphatic hydroxyl groups excluding tert-OH is 1. The second-order valence-electron chi connectivity index (χ2n) is 6.98. The van der Waals surface area contributed by atoms with Crippen LogP contribution >= 0.6 is 0 Å². The predicted octanol–water partition coefficient (Wildman–Crippen LogP) is 3.61. The lowest BCUT2D eigenvalue weighted by atomic mass is 10.1. The highest BCUT2D eigenvalue weighted by molar-refractivity contribution is 6.00. The summed E-state index contributed by atoms with van der Waals surface area (Å²) in [5.41, 5.74) is 2.32. The molecule has 0 saturated carbocycles. The lowest BCUT2D eigenvalue weighted by Gasteiger charge is -2.11. The fourth-order valence-corrected chi connectivity index (χ4v) is 3.32. The molecule has 0 aliphatic heterocycles. The van der Waals surface area contributed by atoms with E-state index in [9.17, 15) is 9.90 Å². The molecule has 0 aliphatic carbocycles. The SMILES string of the molecule is COc1ccc(-c2nn(-c3ccccc3)cc2C(=O)NCC(O)c2ccco2)cc1OC. The van der Waals surface area contributed by atoms with Crippen molar-refractivity contribution in [1.82, 2.24) is 15.1 Å². The Morgan fingerprint density at radius 2 is 1.88 bits per heavy atom. The molecule has 1 unspecified atom stereocenters. The zero-order chi connectivity index (χ0) is 22.5. The van der Waals surface area contributed by atoms with E-state index in [0.717, 1.165) is 5.69 Å². The van der Waals surface area contributed by atoms with Gasteiger partial charge in [0, 0.05) is 11.8 Å². The van der Waals surface area contributed by atoms with Gasteiger partial charge in [0.25, 0.3) is 5.91 Å². The standard InChI is InChI=1S/C24H23N3O5/c1-30-21-11-10-16(13-22(21)31-2)23-18(15-27(26-23)17-7-4-3-5-8-17)24(29)25-14-19(28)20-9-6-12-32-20/h3-13,15,19,28H,14H2,1-2H3,(H,25,29). The van der Waals surface area contributed by atoms with Gasteiger partial charge in [-0.3, -0.25) is 4.79 Å². The van der Waals surface area contributed by atoms with Gasteiger partial charge in [-0.1, -0.05) is 18.2 Å². The van der Waals surface area contributed by atoms with Crippen molar-refractivity contribution in [2.75, 3.05) is 20.8 Å². The molecule has 2 N–H and O–H groups in total. The molecule has 1 amide bonds. The Bertz CT molecular complexity index is 1190. The van der Waals surface area contributed by atoms with Gasteiger partial charge in [0.1, 0.15) is 17.6 Å². The summed E-state index contributed by atoms with van der Waals surface area (Å²) in [4.78, 5) is 13.1. The van der Waals surface area contributed by atoms with Gasteiger partial charge >= 0.3 is 0 Å². The Balaban J connectivity index is 1.68. The van der Waals surface area contributed by atoms with Crippen LogP contribution in [0, 0.1) is 0 Å². The van der Waals surface area contributed by atoms with Crippen LogP contribution in [0.5, 0.6) is 11.5 Å². The molecule has 0 saturated heterocycles. The van der Waals surface area contributed by atoms with Gasteiger partial charge in [-0.15, -0.1) is 0 Å². The zero-order valence-electron chi connectivity index (χ0n) is 17.7. The number of carbonyl (C=O) groups excluding carboxylic acids is 1. The van der Waals surface area contributed by atoms with Crippen LogP contribution in [0.15, 0.2) is 77.5 Å². The predicted molar refractivity (Wildman–Crippen MR) is 118 cm³/mol. The molecule has 8 heteroatoms. The number of methoxy groups -OCH3 is 2. The lowest BCUT2D eigenvalue weighted by Crippen LogP contribution is -2.28. The molecule has 0 aliphatic rings. The van der Waals surface area contributed by atoms with Gasteiger partial charge in [0.05, 0.1) is 38.3 Å². The fraction of sp³-hybridized carbons (Fsp3) is 0.167. The van der Waals surface area contributed by atoms with Crippen LogP contribution in [0.25, 0.3) is 16.9 Å². The maximum Gasteiger partial charge on any atom is 0.255 e. The van der Waals surface area contributed by atoms with Gasteiger partial charge < -0.3 is 24.3 Å². The molecule has 0 bridgehead atoms. The third-order valence-corrected chi connectivity index (χ3v) is 4.96. The van der Waals surface area contributed by atoms with E-state index in [2.05, 4.69) is 10.4 Å². The molecule has 8 nitrogen and oxygen atoms in total. The van der Waals surface area contributed by atoms with Crippen molar-refractivity contribution >= 4 is 5.91 Å². The van der Waals surface area contributed by atoms with Gasteiger partial charge in [-0.2, -0.15) is 5.10 Å². The summed E-state index contributed by atoms with van der Waals surface area (Å²) in [6, 6.07) is 18.2. The topological polar surface area (TPSA) is 98.8 Å². The Hall–Kier alpha value is -4.04. The van der Waals surface area contributed by atoms with Crippen LogP contribution < -0.4 is 14.8 Å². The number of nitrogens with zero attached hydrogens (tertiary/aromatic N) is 2. The monoisotopic (exact) mass is 433 g/mol. The molecule has 164 valence electrons. The van der Waals surface area contributed by atoms with E-state index in [1.54, 1.807) is 49.4 Å². The van der Waals surface area contributed by atoms with Gasteiger partial charge in [-0.25, -0.2) is 4.68 Å². The molecule has 4 rings (SSSR count). The van der Waals surface area contributed by atoms with Crippen molar-refractivity contribution in [3.63, 3.8) is 0 Å². The number of ether oxygens (including phenoxy) is 2. The highest BCUT2D eigenvalue weighted by atomic mass is 16.5. The minimum atomic E-state index is -0.956. The number of rotatable bonds is 8. The van der Waals surface area contributed by atoms with Crippen molar-refractivity contribution in [1.29, 1.82) is 0 Å². The summed E-state index contributed by atoms with van der Waals surface area (Å²) in [6.07, 6.45) is 2.18. The highest BCUT2D eigenvalue weighted by Crippen LogP contribution is 2.33. The van der Waals surface area contributed by atoms with E-state index in [4.69, 9.17) is 13.9 Å². The maximum absolute atomic E-state index is 13.1. The van der Waals surface area contributed by atoms with E-state index in [0.29, 0.717) is 34.1 Å². The zero-order valence-corrected chi connectivity index (χ0v) is 17.7. The lowest BCUT2D eigenvalue weighted by molar-refractivity contribution is 0.0901. The number of benzene rings is 2. The van der Waals surface area contributed by atoms with Crippen LogP contribution in [0.3, 0.4) is 0 Å². The van der Waals surface area contributed by atoms with E-state index in [1.807, 2.05) is 36.4 Å². The Morgan fingerprint density at radius 1 is 1.09 bits per heavy atom. The number of para-hydroxylation sites is 1. The minimum Gasteiger partial charge on any atom is -0.493 e. The molecule has 2 aromatic heterocycles. The number of aromatic nitrogens is 2. The third kappa shape index (κ3) is 4.35. The number of nitrogens with one attached hydrogen (secondary N) is 1. The summed E-state index contributed by atoms with van der Waals surface area (Å²) in [6.45, 7) is -0.00572. The number of carbonyl (C=O) groups is 1. The summed E-state index contributed by atoms with van der Waals surface area (Å²) >= 11 is 0. The van der Waals surface area contributed by atoms with E-state index >= 15 is 0 Å². The maximum atomic E-state index is 13.1. The number of amides is 1. The molecule has 0 spiro atoms. The van der Waals surface area contributed by atoms with Crippen LogP contribution in [0.4, 0.5) is 0 Å². The molecular weight excluding hydrogens is 410 g/mol. The first-order chi connectivity index (χ1) is 15.6. The molecule has 4 aromatic rings. The second-order valence-corrected chi connectivity index (χ2v) is 6.98. The summed E-state index contributed by atoms with van der Waals surface area (Å²) in [7, 11) is 3.11.